The van der Waals surface area contributed by atoms with Crippen LogP contribution < -0.4 is 10.1 Å². The zero-order valence-corrected chi connectivity index (χ0v) is 16.0. The van der Waals surface area contributed by atoms with Crippen molar-refractivity contribution in [1.29, 1.82) is 0 Å². The third kappa shape index (κ3) is 5.42. The van der Waals surface area contributed by atoms with Crippen LogP contribution in [0.1, 0.15) is 16.8 Å². The van der Waals surface area contributed by atoms with Crippen LogP contribution in [0.3, 0.4) is 0 Å². The van der Waals surface area contributed by atoms with Gasteiger partial charge in [-0.05, 0) is 30.2 Å². The summed E-state index contributed by atoms with van der Waals surface area (Å²) < 4.78 is 5.75. The predicted octanol–water partition coefficient (Wildman–Crippen LogP) is 5.34. The van der Waals surface area contributed by atoms with Crippen molar-refractivity contribution in [2.45, 2.75) is 11.2 Å². The van der Waals surface area contributed by atoms with E-state index in [2.05, 4.69) is 33.4 Å². The number of alkyl halides is 1. The number of rotatable bonds is 6. The molecule has 0 heterocycles. The van der Waals surface area contributed by atoms with Crippen LogP contribution in [-0.4, -0.2) is 31.6 Å². The van der Waals surface area contributed by atoms with Gasteiger partial charge in [0.2, 0.25) is 0 Å². The van der Waals surface area contributed by atoms with E-state index in [1.54, 1.807) is 32.3 Å². The molecular weight excluding hydrogens is 392 g/mol. The molecule has 0 spiro atoms. The fourth-order valence-electron chi connectivity index (χ4n) is 2.03. The number of urea groups is 1. The standard InChI is InChI=1S/C18H20BrClN2O2/c1-22(2)18(23)21-14-8-9-17(16(20)12-14)24-11-10-15(19)13-6-4-3-5-7-13/h3-9,12,15H,10-11H2,1-2H3,(H,21,23). The Morgan fingerprint density at radius 3 is 2.58 bits per heavy atom. The van der Waals surface area contributed by atoms with E-state index in [1.807, 2.05) is 18.2 Å². The second-order valence-corrected chi connectivity index (χ2v) is 7.00. The van der Waals surface area contributed by atoms with E-state index in [0.29, 0.717) is 23.1 Å². The molecule has 6 heteroatoms. The van der Waals surface area contributed by atoms with Crippen LogP contribution in [0, 0.1) is 0 Å². The van der Waals surface area contributed by atoms with Gasteiger partial charge in [-0.1, -0.05) is 57.9 Å². The van der Waals surface area contributed by atoms with Crippen LogP contribution >= 0.6 is 27.5 Å². The van der Waals surface area contributed by atoms with E-state index in [-0.39, 0.29) is 10.9 Å². The van der Waals surface area contributed by atoms with Crippen molar-refractivity contribution >= 4 is 39.2 Å². The molecule has 0 saturated carbocycles. The van der Waals surface area contributed by atoms with E-state index in [1.165, 1.54) is 10.5 Å². The molecule has 1 atom stereocenters. The third-order valence-electron chi connectivity index (χ3n) is 3.38. The SMILES string of the molecule is CN(C)C(=O)Nc1ccc(OCCC(Br)c2ccccc2)c(Cl)c1. The van der Waals surface area contributed by atoms with Crippen molar-refractivity contribution < 1.29 is 9.53 Å². The highest BCUT2D eigenvalue weighted by molar-refractivity contribution is 9.09. The van der Waals surface area contributed by atoms with E-state index in [0.717, 1.165) is 6.42 Å². The molecule has 128 valence electrons. The lowest BCUT2D eigenvalue weighted by Gasteiger charge is -2.14. The highest BCUT2D eigenvalue weighted by Crippen LogP contribution is 2.30. The van der Waals surface area contributed by atoms with Crippen LogP contribution in [-0.2, 0) is 0 Å². The number of benzene rings is 2. The van der Waals surface area contributed by atoms with E-state index in [9.17, 15) is 4.79 Å². The van der Waals surface area contributed by atoms with Crippen molar-refractivity contribution in [3.8, 4) is 5.75 Å². The first-order valence-corrected chi connectivity index (χ1v) is 8.86. The zero-order chi connectivity index (χ0) is 17.5. The van der Waals surface area contributed by atoms with Crippen molar-refractivity contribution in [2.75, 3.05) is 26.0 Å². The van der Waals surface area contributed by atoms with E-state index in [4.69, 9.17) is 16.3 Å². The molecule has 0 bridgehead atoms. The summed E-state index contributed by atoms with van der Waals surface area (Å²) in [5, 5.41) is 3.21. The molecule has 0 fully saturated rings. The number of ether oxygens (including phenoxy) is 1. The Hall–Kier alpha value is -1.72. The molecule has 0 aliphatic heterocycles. The van der Waals surface area contributed by atoms with Gasteiger partial charge in [-0.3, -0.25) is 0 Å². The van der Waals surface area contributed by atoms with Crippen molar-refractivity contribution in [3.05, 3.63) is 59.1 Å². The van der Waals surface area contributed by atoms with Gasteiger partial charge in [-0.25, -0.2) is 4.79 Å². The predicted molar refractivity (Wildman–Crippen MR) is 102 cm³/mol. The minimum Gasteiger partial charge on any atom is -0.492 e. The first-order chi connectivity index (χ1) is 11.5. The minimum atomic E-state index is -0.204. The summed E-state index contributed by atoms with van der Waals surface area (Å²) in [5.74, 6) is 0.604. The third-order valence-corrected chi connectivity index (χ3v) is 4.66. The Bertz CT molecular complexity index is 680. The number of hydrogen-bond acceptors (Lipinski definition) is 2. The number of nitrogens with one attached hydrogen (secondary N) is 1. The average Bonchev–Trinajstić information content (AvgIpc) is 2.57. The van der Waals surface area contributed by atoms with Gasteiger partial charge in [0.05, 0.1) is 11.6 Å². The monoisotopic (exact) mass is 410 g/mol. The summed E-state index contributed by atoms with van der Waals surface area (Å²) in [5.41, 5.74) is 1.85. The summed E-state index contributed by atoms with van der Waals surface area (Å²) >= 11 is 9.89. The molecule has 2 aromatic rings. The van der Waals surface area contributed by atoms with Crippen LogP contribution in [0.4, 0.5) is 10.5 Å². The second kappa shape index (κ2) is 8.94. The number of anilines is 1. The lowest BCUT2D eigenvalue weighted by molar-refractivity contribution is 0.230. The summed E-state index contributed by atoms with van der Waals surface area (Å²) in [6.07, 6.45) is 0.819. The Morgan fingerprint density at radius 1 is 1.25 bits per heavy atom. The lowest BCUT2D eigenvalue weighted by Crippen LogP contribution is -2.27. The number of nitrogens with zero attached hydrogens (tertiary/aromatic N) is 1. The Kier molecular flexibility index (Phi) is 6.94. The summed E-state index contributed by atoms with van der Waals surface area (Å²) in [7, 11) is 3.36. The normalized spacial score (nSPS) is 11.7. The Balaban J connectivity index is 1.88. The Morgan fingerprint density at radius 2 is 1.96 bits per heavy atom. The van der Waals surface area contributed by atoms with Gasteiger partial charge in [-0.15, -0.1) is 0 Å². The van der Waals surface area contributed by atoms with Crippen molar-refractivity contribution in [1.82, 2.24) is 4.90 Å². The molecule has 24 heavy (non-hydrogen) atoms. The van der Waals surface area contributed by atoms with Gasteiger partial charge in [-0.2, -0.15) is 0 Å². The molecule has 0 radical (unpaired) electrons. The molecule has 2 rings (SSSR count). The maximum Gasteiger partial charge on any atom is 0.321 e. The fourth-order valence-corrected chi connectivity index (χ4v) is 2.76. The van der Waals surface area contributed by atoms with Gasteiger partial charge >= 0.3 is 6.03 Å². The van der Waals surface area contributed by atoms with E-state index >= 15 is 0 Å². The van der Waals surface area contributed by atoms with Gasteiger partial charge in [0.25, 0.3) is 0 Å². The highest BCUT2D eigenvalue weighted by Gasteiger charge is 2.10. The lowest BCUT2D eigenvalue weighted by atomic mass is 10.1. The van der Waals surface area contributed by atoms with Gasteiger partial charge in [0.1, 0.15) is 5.75 Å². The van der Waals surface area contributed by atoms with E-state index < -0.39 is 0 Å². The molecule has 4 nitrogen and oxygen atoms in total. The van der Waals surface area contributed by atoms with Gasteiger partial charge in [0, 0.05) is 24.6 Å². The smallest absolute Gasteiger partial charge is 0.321 e. The summed E-state index contributed by atoms with van der Waals surface area (Å²) in [6.45, 7) is 0.536. The molecule has 1 unspecified atom stereocenters. The number of carbonyl (C=O) groups is 1. The van der Waals surface area contributed by atoms with Crippen molar-refractivity contribution in [3.63, 3.8) is 0 Å². The molecule has 0 saturated heterocycles. The maximum atomic E-state index is 11.6. The molecule has 2 aromatic carbocycles. The van der Waals surface area contributed by atoms with Crippen LogP contribution in [0.15, 0.2) is 48.5 Å². The maximum absolute atomic E-state index is 11.6. The molecule has 0 aromatic heterocycles. The summed E-state index contributed by atoms with van der Waals surface area (Å²) in [4.78, 5) is 13.3. The highest BCUT2D eigenvalue weighted by atomic mass is 79.9. The van der Waals surface area contributed by atoms with Gasteiger partial charge < -0.3 is 15.0 Å². The first kappa shape index (κ1) is 18.6. The number of carbonyl (C=O) groups excluding carboxylic acids is 1. The first-order valence-electron chi connectivity index (χ1n) is 7.57. The largest absolute Gasteiger partial charge is 0.492 e. The molecule has 0 aliphatic rings. The summed E-state index contributed by atoms with van der Waals surface area (Å²) in [6, 6.07) is 15.2. The topological polar surface area (TPSA) is 41.6 Å². The number of halogens is 2. The number of amides is 2. The second-order valence-electron chi connectivity index (χ2n) is 5.49. The van der Waals surface area contributed by atoms with Gasteiger partial charge in [0.15, 0.2) is 0 Å². The van der Waals surface area contributed by atoms with Crippen LogP contribution in [0.2, 0.25) is 5.02 Å². The molecule has 1 N–H and O–H groups in total. The fraction of sp³-hybridized carbons (Fsp3) is 0.278. The number of hydrogen-bond donors (Lipinski definition) is 1. The molecule has 2 amide bonds. The molecular formula is C18H20BrClN2O2. The van der Waals surface area contributed by atoms with Crippen LogP contribution in [0.5, 0.6) is 5.75 Å². The quantitative estimate of drug-likeness (QED) is 0.652. The zero-order valence-electron chi connectivity index (χ0n) is 13.6. The Labute approximate surface area is 155 Å². The van der Waals surface area contributed by atoms with Crippen molar-refractivity contribution in [2.24, 2.45) is 0 Å². The minimum absolute atomic E-state index is 0.204. The average molecular weight is 412 g/mol. The van der Waals surface area contributed by atoms with Crippen LogP contribution in [0.25, 0.3) is 0 Å². The molecule has 0 aliphatic carbocycles.